The Morgan fingerprint density at radius 1 is 1.37 bits per heavy atom. The molecule has 0 amide bonds. The standard InChI is InChI=1S/C14H15ClO4/c1-3-6-19-13-7-9(2)11(15)8-10(13)12(16)4-5-14(17)18/h4-5,7-8H,3,6H2,1-2H3,(H,17,18)/b5-4+. The van der Waals surface area contributed by atoms with E-state index in [-0.39, 0.29) is 5.56 Å². The maximum atomic E-state index is 11.9. The Morgan fingerprint density at radius 3 is 2.63 bits per heavy atom. The molecule has 0 aromatic heterocycles. The minimum Gasteiger partial charge on any atom is -0.493 e. The fourth-order valence-corrected chi connectivity index (χ4v) is 1.58. The average molecular weight is 283 g/mol. The number of carbonyl (C=O) groups is 2. The molecule has 1 rings (SSSR count). The van der Waals surface area contributed by atoms with Gasteiger partial charge in [0, 0.05) is 11.1 Å². The summed E-state index contributed by atoms with van der Waals surface area (Å²) in [4.78, 5) is 22.3. The molecule has 1 aromatic rings. The summed E-state index contributed by atoms with van der Waals surface area (Å²) < 4.78 is 5.49. The van der Waals surface area contributed by atoms with Crippen LogP contribution in [0, 0.1) is 6.92 Å². The van der Waals surface area contributed by atoms with Crippen molar-refractivity contribution in [3.63, 3.8) is 0 Å². The summed E-state index contributed by atoms with van der Waals surface area (Å²) in [5.74, 6) is -1.21. The van der Waals surface area contributed by atoms with Crippen LogP contribution in [0.3, 0.4) is 0 Å². The molecule has 0 aliphatic heterocycles. The van der Waals surface area contributed by atoms with E-state index < -0.39 is 11.8 Å². The number of carbonyl (C=O) groups excluding carboxylic acids is 1. The summed E-state index contributed by atoms with van der Waals surface area (Å²) in [5, 5.41) is 8.96. The largest absolute Gasteiger partial charge is 0.493 e. The van der Waals surface area contributed by atoms with Crippen molar-refractivity contribution >= 4 is 23.4 Å². The van der Waals surface area contributed by atoms with E-state index in [1.165, 1.54) is 6.07 Å². The molecule has 1 N–H and O–H groups in total. The molecule has 0 saturated heterocycles. The van der Waals surface area contributed by atoms with Gasteiger partial charge >= 0.3 is 5.97 Å². The Morgan fingerprint density at radius 2 is 2.05 bits per heavy atom. The zero-order chi connectivity index (χ0) is 14.4. The van der Waals surface area contributed by atoms with E-state index in [4.69, 9.17) is 21.4 Å². The molecular formula is C14H15ClO4. The van der Waals surface area contributed by atoms with Crippen LogP contribution < -0.4 is 4.74 Å². The highest BCUT2D eigenvalue weighted by Crippen LogP contribution is 2.27. The number of carboxylic acids is 1. The molecular weight excluding hydrogens is 268 g/mol. The highest BCUT2D eigenvalue weighted by atomic mass is 35.5. The zero-order valence-corrected chi connectivity index (χ0v) is 11.5. The molecule has 19 heavy (non-hydrogen) atoms. The van der Waals surface area contributed by atoms with Gasteiger partial charge in [0.1, 0.15) is 5.75 Å². The van der Waals surface area contributed by atoms with Crippen LogP contribution >= 0.6 is 11.6 Å². The summed E-state index contributed by atoms with van der Waals surface area (Å²) in [5.41, 5.74) is 1.06. The molecule has 0 saturated carbocycles. The summed E-state index contributed by atoms with van der Waals surface area (Å²) in [6.07, 6.45) is 2.59. The van der Waals surface area contributed by atoms with E-state index in [0.717, 1.165) is 24.1 Å². The second-order valence-corrected chi connectivity index (χ2v) is 4.39. The first-order valence-corrected chi connectivity index (χ1v) is 6.21. The molecule has 0 bridgehead atoms. The molecule has 0 atom stereocenters. The Bertz CT molecular complexity index is 520. The number of rotatable bonds is 6. The van der Waals surface area contributed by atoms with Crippen molar-refractivity contribution in [2.75, 3.05) is 6.61 Å². The van der Waals surface area contributed by atoms with Crippen LogP contribution in [-0.4, -0.2) is 23.5 Å². The minimum absolute atomic E-state index is 0.265. The molecule has 0 spiro atoms. The predicted octanol–water partition coefficient (Wildman–Crippen LogP) is 3.26. The molecule has 0 fully saturated rings. The quantitative estimate of drug-likeness (QED) is 0.642. The van der Waals surface area contributed by atoms with Gasteiger partial charge in [-0.15, -0.1) is 0 Å². The van der Waals surface area contributed by atoms with E-state index in [0.29, 0.717) is 17.4 Å². The lowest BCUT2D eigenvalue weighted by Gasteiger charge is -2.11. The Hall–Kier alpha value is -1.81. The summed E-state index contributed by atoms with van der Waals surface area (Å²) in [6.45, 7) is 4.24. The van der Waals surface area contributed by atoms with Gasteiger partial charge in [0.15, 0.2) is 5.78 Å². The first-order chi connectivity index (χ1) is 8.95. The zero-order valence-electron chi connectivity index (χ0n) is 10.8. The van der Waals surface area contributed by atoms with Crippen molar-refractivity contribution < 1.29 is 19.4 Å². The van der Waals surface area contributed by atoms with Crippen molar-refractivity contribution in [3.05, 3.63) is 40.4 Å². The summed E-state index contributed by atoms with van der Waals surface area (Å²) >= 11 is 5.98. The fourth-order valence-electron chi connectivity index (χ4n) is 1.42. The third-order valence-electron chi connectivity index (χ3n) is 2.37. The lowest BCUT2D eigenvalue weighted by atomic mass is 10.1. The number of halogens is 1. The van der Waals surface area contributed by atoms with Crippen LogP contribution in [0.25, 0.3) is 0 Å². The van der Waals surface area contributed by atoms with E-state index in [2.05, 4.69) is 0 Å². The van der Waals surface area contributed by atoms with Crippen LogP contribution in [0.2, 0.25) is 5.02 Å². The number of hydrogen-bond acceptors (Lipinski definition) is 3. The maximum Gasteiger partial charge on any atom is 0.328 e. The Kier molecular flexibility index (Phi) is 5.57. The summed E-state index contributed by atoms with van der Waals surface area (Å²) in [7, 11) is 0. The molecule has 1 aromatic carbocycles. The van der Waals surface area contributed by atoms with Gasteiger partial charge in [0.05, 0.1) is 12.2 Å². The average Bonchev–Trinajstić information content (AvgIpc) is 2.36. The monoisotopic (exact) mass is 282 g/mol. The van der Waals surface area contributed by atoms with Gasteiger partial charge in [0.25, 0.3) is 0 Å². The van der Waals surface area contributed by atoms with Crippen LogP contribution in [0.15, 0.2) is 24.3 Å². The lowest BCUT2D eigenvalue weighted by molar-refractivity contribution is -0.131. The number of benzene rings is 1. The van der Waals surface area contributed by atoms with Gasteiger partial charge < -0.3 is 9.84 Å². The maximum absolute atomic E-state index is 11.9. The van der Waals surface area contributed by atoms with Crippen LogP contribution in [0.1, 0.15) is 29.3 Å². The van der Waals surface area contributed by atoms with Crippen molar-refractivity contribution in [2.24, 2.45) is 0 Å². The molecule has 4 nitrogen and oxygen atoms in total. The van der Waals surface area contributed by atoms with Crippen LogP contribution in [0.5, 0.6) is 5.75 Å². The molecule has 102 valence electrons. The van der Waals surface area contributed by atoms with E-state index >= 15 is 0 Å². The van der Waals surface area contributed by atoms with Gasteiger partial charge in [0.2, 0.25) is 0 Å². The number of carboxylic acid groups (broad SMARTS) is 1. The Labute approximate surface area is 116 Å². The number of ether oxygens (including phenoxy) is 1. The number of aryl methyl sites for hydroxylation is 1. The highest BCUT2D eigenvalue weighted by molar-refractivity contribution is 6.32. The van der Waals surface area contributed by atoms with Crippen molar-refractivity contribution in [1.29, 1.82) is 0 Å². The topological polar surface area (TPSA) is 63.6 Å². The third-order valence-corrected chi connectivity index (χ3v) is 2.77. The number of aliphatic carboxylic acids is 1. The third kappa shape index (κ3) is 4.41. The van der Waals surface area contributed by atoms with Gasteiger partial charge in [-0.2, -0.15) is 0 Å². The fraction of sp³-hybridized carbons (Fsp3) is 0.286. The SMILES string of the molecule is CCCOc1cc(C)c(Cl)cc1C(=O)/C=C/C(=O)O. The number of allylic oxidation sites excluding steroid dienone is 1. The van der Waals surface area contributed by atoms with Gasteiger partial charge in [-0.05, 0) is 37.1 Å². The van der Waals surface area contributed by atoms with E-state index in [1.54, 1.807) is 6.07 Å². The van der Waals surface area contributed by atoms with Gasteiger partial charge in [-0.25, -0.2) is 4.79 Å². The van der Waals surface area contributed by atoms with Crippen LogP contribution in [-0.2, 0) is 4.79 Å². The Balaban J connectivity index is 3.12. The lowest BCUT2D eigenvalue weighted by Crippen LogP contribution is -2.04. The van der Waals surface area contributed by atoms with Crippen molar-refractivity contribution in [3.8, 4) is 5.75 Å². The molecule has 0 heterocycles. The molecule has 0 radical (unpaired) electrons. The van der Waals surface area contributed by atoms with Crippen molar-refractivity contribution in [2.45, 2.75) is 20.3 Å². The van der Waals surface area contributed by atoms with E-state index in [1.807, 2.05) is 13.8 Å². The first kappa shape index (κ1) is 15.2. The van der Waals surface area contributed by atoms with Gasteiger partial charge in [-0.3, -0.25) is 4.79 Å². The first-order valence-electron chi connectivity index (χ1n) is 5.84. The van der Waals surface area contributed by atoms with E-state index in [9.17, 15) is 9.59 Å². The second-order valence-electron chi connectivity index (χ2n) is 3.98. The smallest absolute Gasteiger partial charge is 0.328 e. The molecule has 0 unspecified atom stereocenters. The van der Waals surface area contributed by atoms with Gasteiger partial charge in [-0.1, -0.05) is 18.5 Å². The normalized spacial score (nSPS) is 10.7. The van der Waals surface area contributed by atoms with Crippen LogP contribution in [0.4, 0.5) is 0 Å². The second kappa shape index (κ2) is 6.95. The predicted molar refractivity (Wildman–Crippen MR) is 73.1 cm³/mol. The highest BCUT2D eigenvalue weighted by Gasteiger charge is 2.13. The van der Waals surface area contributed by atoms with Crippen molar-refractivity contribution in [1.82, 2.24) is 0 Å². The number of ketones is 1. The molecule has 0 aliphatic rings. The molecule has 5 heteroatoms. The minimum atomic E-state index is -1.18. The number of hydrogen-bond donors (Lipinski definition) is 1. The summed E-state index contributed by atoms with van der Waals surface area (Å²) in [6, 6.07) is 3.18. The molecule has 0 aliphatic carbocycles.